The third-order valence-corrected chi connectivity index (χ3v) is 2.98. The molecular formula is C15H15NO3. The minimum Gasteiger partial charge on any atom is -0.466 e. The molecule has 0 saturated heterocycles. The molecule has 0 aliphatic rings. The van der Waals surface area contributed by atoms with Crippen LogP contribution in [0.2, 0.25) is 0 Å². The number of hydrogen-bond donors (Lipinski definition) is 0. The molecule has 0 spiro atoms. The lowest BCUT2D eigenvalue weighted by Crippen LogP contribution is -2.40. The van der Waals surface area contributed by atoms with Crippen LogP contribution in [0.15, 0.2) is 54.7 Å². The van der Waals surface area contributed by atoms with Crippen LogP contribution in [0.1, 0.15) is 11.3 Å². The Balaban J connectivity index is 2.66. The molecule has 0 aliphatic carbocycles. The van der Waals surface area contributed by atoms with Crippen molar-refractivity contribution in [2.24, 2.45) is 0 Å². The van der Waals surface area contributed by atoms with Crippen molar-refractivity contribution in [1.82, 2.24) is 4.98 Å². The highest BCUT2D eigenvalue weighted by Gasteiger charge is 2.45. The van der Waals surface area contributed by atoms with Crippen molar-refractivity contribution in [3.8, 4) is 0 Å². The molecule has 0 radical (unpaired) electrons. The van der Waals surface area contributed by atoms with Crippen LogP contribution in [0.4, 0.5) is 0 Å². The number of rotatable bonds is 4. The van der Waals surface area contributed by atoms with Gasteiger partial charge in [0.15, 0.2) is 0 Å². The highest BCUT2D eigenvalue weighted by atomic mass is 16.6. The molecule has 1 aromatic carbocycles. The van der Waals surface area contributed by atoms with Crippen molar-refractivity contribution in [3.63, 3.8) is 0 Å². The van der Waals surface area contributed by atoms with E-state index in [0.717, 1.165) is 0 Å². The summed E-state index contributed by atoms with van der Waals surface area (Å²) in [5, 5.41) is 0. The zero-order valence-corrected chi connectivity index (χ0v) is 10.9. The summed E-state index contributed by atoms with van der Waals surface area (Å²) in [7, 11) is 2.81. The van der Waals surface area contributed by atoms with Crippen LogP contribution in [-0.4, -0.2) is 25.2 Å². The molecule has 0 aliphatic heterocycles. The Hall–Kier alpha value is -2.20. The topological polar surface area (TPSA) is 48.4 Å². The van der Waals surface area contributed by atoms with Gasteiger partial charge in [0, 0.05) is 18.9 Å². The molecular weight excluding hydrogens is 242 g/mol. The molecule has 1 atom stereocenters. The summed E-state index contributed by atoms with van der Waals surface area (Å²) in [6.45, 7) is 0. The third-order valence-electron chi connectivity index (χ3n) is 2.98. The number of methoxy groups -OCH3 is 2. The summed E-state index contributed by atoms with van der Waals surface area (Å²) < 4.78 is 10.4. The standard InChI is InChI=1S/C15H15NO3/c1-18-14(17)15(19-2,12-8-4-3-5-9-12)13-10-6-7-11-16-13/h3-11H,1-2H3. The van der Waals surface area contributed by atoms with Crippen molar-refractivity contribution in [2.45, 2.75) is 5.60 Å². The summed E-state index contributed by atoms with van der Waals surface area (Å²) in [6, 6.07) is 14.5. The van der Waals surface area contributed by atoms with Gasteiger partial charge in [0.1, 0.15) is 0 Å². The van der Waals surface area contributed by atoms with Crippen LogP contribution in [-0.2, 0) is 19.9 Å². The second-order valence-electron chi connectivity index (χ2n) is 3.96. The monoisotopic (exact) mass is 257 g/mol. The van der Waals surface area contributed by atoms with Crippen molar-refractivity contribution in [2.75, 3.05) is 14.2 Å². The number of benzene rings is 1. The fourth-order valence-electron chi connectivity index (χ4n) is 2.06. The van der Waals surface area contributed by atoms with Crippen LogP contribution < -0.4 is 0 Å². The van der Waals surface area contributed by atoms with E-state index in [2.05, 4.69) is 4.98 Å². The molecule has 98 valence electrons. The summed E-state index contributed by atoms with van der Waals surface area (Å²) in [6.07, 6.45) is 1.62. The van der Waals surface area contributed by atoms with Crippen LogP contribution in [0.25, 0.3) is 0 Å². The van der Waals surface area contributed by atoms with Gasteiger partial charge in [-0.3, -0.25) is 4.98 Å². The molecule has 2 rings (SSSR count). The predicted octanol–water partition coefficient (Wildman–Crippen LogP) is 2.14. The lowest BCUT2D eigenvalue weighted by Gasteiger charge is -2.29. The van der Waals surface area contributed by atoms with Crippen LogP contribution in [0, 0.1) is 0 Å². The highest BCUT2D eigenvalue weighted by Crippen LogP contribution is 2.33. The van der Waals surface area contributed by atoms with Crippen molar-refractivity contribution in [3.05, 3.63) is 66.0 Å². The molecule has 0 bridgehead atoms. The summed E-state index contributed by atoms with van der Waals surface area (Å²) in [5.41, 5.74) is -0.157. The predicted molar refractivity (Wildman–Crippen MR) is 70.5 cm³/mol. The molecule has 19 heavy (non-hydrogen) atoms. The van der Waals surface area contributed by atoms with Gasteiger partial charge < -0.3 is 9.47 Å². The number of hydrogen-bond acceptors (Lipinski definition) is 4. The van der Waals surface area contributed by atoms with E-state index in [9.17, 15) is 4.79 Å². The number of esters is 1. The van der Waals surface area contributed by atoms with Gasteiger partial charge in [-0.05, 0) is 12.1 Å². The van der Waals surface area contributed by atoms with Crippen LogP contribution in [0.3, 0.4) is 0 Å². The first-order valence-electron chi connectivity index (χ1n) is 5.86. The summed E-state index contributed by atoms with van der Waals surface area (Å²) in [4.78, 5) is 16.5. The van der Waals surface area contributed by atoms with E-state index in [1.165, 1.54) is 14.2 Å². The molecule has 1 aromatic heterocycles. The molecule has 0 N–H and O–H groups in total. The van der Waals surface area contributed by atoms with Gasteiger partial charge in [0.05, 0.1) is 12.8 Å². The lowest BCUT2D eigenvalue weighted by atomic mass is 9.89. The zero-order chi connectivity index (χ0) is 13.7. The fraction of sp³-hybridized carbons (Fsp3) is 0.200. The maximum atomic E-state index is 12.3. The van der Waals surface area contributed by atoms with E-state index < -0.39 is 11.6 Å². The third kappa shape index (κ3) is 2.22. The summed E-state index contributed by atoms with van der Waals surface area (Å²) >= 11 is 0. The Bertz CT molecular complexity index is 500. The maximum Gasteiger partial charge on any atom is 0.349 e. The van der Waals surface area contributed by atoms with Crippen molar-refractivity contribution >= 4 is 5.97 Å². The Labute approximate surface area is 112 Å². The van der Waals surface area contributed by atoms with Gasteiger partial charge in [-0.15, -0.1) is 0 Å². The number of nitrogens with zero attached hydrogens (tertiary/aromatic N) is 1. The van der Waals surface area contributed by atoms with Gasteiger partial charge in [0.25, 0.3) is 0 Å². The van der Waals surface area contributed by atoms with Crippen molar-refractivity contribution < 1.29 is 14.3 Å². The van der Waals surface area contributed by atoms with Gasteiger partial charge in [-0.25, -0.2) is 4.79 Å². The molecule has 1 heterocycles. The average Bonchev–Trinajstić information content (AvgIpc) is 2.50. The molecule has 4 heteroatoms. The van der Waals surface area contributed by atoms with E-state index in [4.69, 9.17) is 9.47 Å². The fourth-order valence-corrected chi connectivity index (χ4v) is 2.06. The molecule has 4 nitrogen and oxygen atoms in total. The largest absolute Gasteiger partial charge is 0.466 e. The smallest absolute Gasteiger partial charge is 0.349 e. The second kappa shape index (κ2) is 5.63. The Kier molecular flexibility index (Phi) is 3.92. The number of carbonyl (C=O) groups excluding carboxylic acids is 1. The van der Waals surface area contributed by atoms with Gasteiger partial charge in [-0.2, -0.15) is 0 Å². The first kappa shape index (κ1) is 13.2. The molecule has 1 unspecified atom stereocenters. The first-order chi connectivity index (χ1) is 9.25. The average molecular weight is 257 g/mol. The van der Waals surface area contributed by atoms with E-state index in [-0.39, 0.29) is 0 Å². The van der Waals surface area contributed by atoms with Crippen LogP contribution >= 0.6 is 0 Å². The highest BCUT2D eigenvalue weighted by molar-refractivity contribution is 5.85. The minimum atomic E-state index is -1.34. The lowest BCUT2D eigenvalue weighted by molar-refractivity contribution is -0.162. The van der Waals surface area contributed by atoms with E-state index in [0.29, 0.717) is 11.3 Å². The number of aromatic nitrogens is 1. The molecule has 0 fully saturated rings. The summed E-state index contributed by atoms with van der Waals surface area (Å²) in [5.74, 6) is -0.500. The Morgan fingerprint density at radius 2 is 1.74 bits per heavy atom. The Morgan fingerprint density at radius 3 is 2.26 bits per heavy atom. The van der Waals surface area contributed by atoms with Crippen molar-refractivity contribution in [1.29, 1.82) is 0 Å². The van der Waals surface area contributed by atoms with Crippen LogP contribution in [0.5, 0.6) is 0 Å². The van der Waals surface area contributed by atoms with Gasteiger partial charge >= 0.3 is 5.97 Å². The number of pyridine rings is 1. The SMILES string of the molecule is COC(=O)C(OC)(c1ccccc1)c1ccccn1. The molecule has 2 aromatic rings. The van der Waals surface area contributed by atoms with Gasteiger partial charge in [0.2, 0.25) is 5.60 Å². The minimum absolute atomic E-state index is 0.496. The van der Waals surface area contributed by atoms with Gasteiger partial charge in [-0.1, -0.05) is 36.4 Å². The normalized spacial score (nSPS) is 13.6. The zero-order valence-electron chi connectivity index (χ0n) is 10.9. The molecule has 0 amide bonds. The van der Waals surface area contributed by atoms with E-state index >= 15 is 0 Å². The Morgan fingerprint density at radius 1 is 1.05 bits per heavy atom. The van der Waals surface area contributed by atoms with E-state index in [1.54, 1.807) is 18.3 Å². The maximum absolute atomic E-state index is 12.3. The second-order valence-corrected chi connectivity index (χ2v) is 3.96. The number of carbonyl (C=O) groups is 1. The number of ether oxygens (including phenoxy) is 2. The first-order valence-corrected chi connectivity index (χ1v) is 5.86. The van der Waals surface area contributed by atoms with E-state index in [1.807, 2.05) is 36.4 Å². The molecule has 0 saturated carbocycles. The quantitative estimate of drug-likeness (QED) is 0.787.